The van der Waals surface area contributed by atoms with Crippen molar-refractivity contribution in [1.82, 2.24) is 20.2 Å². The van der Waals surface area contributed by atoms with Crippen LogP contribution in [-0.2, 0) is 17.1 Å². The van der Waals surface area contributed by atoms with E-state index in [0.29, 0.717) is 36.0 Å². The lowest BCUT2D eigenvalue weighted by atomic mass is 10.0. The number of alkyl halides is 2. The first-order chi connectivity index (χ1) is 15.4. The summed E-state index contributed by atoms with van der Waals surface area (Å²) >= 11 is 0. The maximum atomic E-state index is 14.5. The number of ether oxygens (including phenoxy) is 1. The zero-order valence-corrected chi connectivity index (χ0v) is 18.1. The summed E-state index contributed by atoms with van der Waals surface area (Å²) in [5.41, 5.74) is 1.69. The van der Waals surface area contributed by atoms with E-state index in [9.17, 15) is 13.6 Å². The second-order valence-electron chi connectivity index (χ2n) is 8.68. The summed E-state index contributed by atoms with van der Waals surface area (Å²) in [6.45, 7) is 5.75. The predicted octanol–water partition coefficient (Wildman–Crippen LogP) is 2.59. The standard InChI is InChI=1S/C23H27F2N5O2/c1-15-7-11-30(15)22-27-20(18-6-8-23(24,25)21(18)28-22)16-2-4-17(5-3-16)32-14-19(31)29-12-9-26-10-13-29/h2-5,15,26H,6-14H2,1H3. The molecule has 2 aliphatic heterocycles. The average molecular weight is 443 g/mol. The van der Waals surface area contributed by atoms with E-state index in [0.717, 1.165) is 31.6 Å². The first-order valence-corrected chi connectivity index (χ1v) is 11.2. The number of carbonyl (C=O) groups excluding carboxylic acids is 1. The molecule has 5 rings (SSSR count). The van der Waals surface area contributed by atoms with Crippen molar-refractivity contribution >= 4 is 11.9 Å². The van der Waals surface area contributed by atoms with Crippen LogP contribution in [0, 0.1) is 0 Å². The maximum absolute atomic E-state index is 14.5. The molecule has 9 heteroatoms. The van der Waals surface area contributed by atoms with Gasteiger partial charge in [-0.05, 0) is 44.0 Å². The summed E-state index contributed by atoms with van der Waals surface area (Å²) in [7, 11) is 0. The third kappa shape index (κ3) is 3.90. The number of fused-ring (bicyclic) bond motifs is 1. The number of anilines is 1. The fraction of sp³-hybridized carbons (Fsp3) is 0.522. The van der Waals surface area contributed by atoms with E-state index in [1.807, 2.05) is 24.0 Å². The van der Waals surface area contributed by atoms with E-state index < -0.39 is 5.92 Å². The fourth-order valence-electron chi connectivity index (χ4n) is 4.45. The van der Waals surface area contributed by atoms with E-state index in [2.05, 4.69) is 10.3 Å². The van der Waals surface area contributed by atoms with Crippen molar-refractivity contribution in [3.05, 3.63) is 35.5 Å². The number of amides is 1. The number of rotatable bonds is 5. The van der Waals surface area contributed by atoms with Crippen LogP contribution in [0.3, 0.4) is 0 Å². The molecule has 2 fully saturated rings. The number of hydrogen-bond acceptors (Lipinski definition) is 6. The van der Waals surface area contributed by atoms with Gasteiger partial charge < -0.3 is 19.9 Å². The van der Waals surface area contributed by atoms with Crippen LogP contribution in [0.2, 0.25) is 0 Å². The highest BCUT2D eigenvalue weighted by Gasteiger charge is 2.44. The third-order valence-corrected chi connectivity index (χ3v) is 6.57. The van der Waals surface area contributed by atoms with E-state index in [4.69, 9.17) is 9.72 Å². The lowest BCUT2D eigenvalue weighted by molar-refractivity contribution is -0.133. The zero-order chi connectivity index (χ0) is 22.3. The summed E-state index contributed by atoms with van der Waals surface area (Å²) < 4.78 is 34.7. The molecule has 1 N–H and O–H groups in total. The van der Waals surface area contributed by atoms with Gasteiger partial charge in [-0.15, -0.1) is 0 Å². The number of benzene rings is 1. The molecule has 32 heavy (non-hydrogen) atoms. The van der Waals surface area contributed by atoms with Gasteiger partial charge in [0.1, 0.15) is 11.4 Å². The number of halogens is 2. The highest BCUT2D eigenvalue weighted by Crippen LogP contribution is 2.45. The molecule has 2 aromatic rings. The van der Waals surface area contributed by atoms with Crippen LogP contribution in [-0.4, -0.2) is 66.1 Å². The van der Waals surface area contributed by atoms with Gasteiger partial charge in [-0.25, -0.2) is 9.97 Å². The molecule has 0 bridgehead atoms. The fourth-order valence-corrected chi connectivity index (χ4v) is 4.45. The van der Waals surface area contributed by atoms with Crippen LogP contribution in [0.5, 0.6) is 5.75 Å². The molecule has 1 aliphatic carbocycles. The van der Waals surface area contributed by atoms with Gasteiger partial charge in [0.2, 0.25) is 5.95 Å². The van der Waals surface area contributed by atoms with Crippen LogP contribution in [0.4, 0.5) is 14.7 Å². The molecular weight excluding hydrogens is 416 g/mol. The minimum Gasteiger partial charge on any atom is -0.484 e. The molecule has 1 aromatic carbocycles. The van der Waals surface area contributed by atoms with Gasteiger partial charge in [-0.1, -0.05) is 0 Å². The van der Waals surface area contributed by atoms with Crippen LogP contribution >= 0.6 is 0 Å². The summed E-state index contributed by atoms with van der Waals surface area (Å²) in [5, 5.41) is 3.21. The zero-order valence-electron chi connectivity index (χ0n) is 18.1. The van der Waals surface area contributed by atoms with E-state index >= 15 is 0 Å². The molecule has 1 unspecified atom stereocenters. The van der Waals surface area contributed by atoms with E-state index in [1.165, 1.54) is 0 Å². The average Bonchev–Trinajstić information content (AvgIpc) is 3.11. The van der Waals surface area contributed by atoms with Crippen LogP contribution in [0.1, 0.15) is 31.0 Å². The number of carbonyl (C=O) groups is 1. The first-order valence-electron chi connectivity index (χ1n) is 11.2. The highest BCUT2D eigenvalue weighted by molar-refractivity contribution is 5.78. The molecule has 170 valence electrons. The summed E-state index contributed by atoms with van der Waals surface area (Å²) in [5.74, 6) is -2.03. The number of aromatic nitrogens is 2. The quantitative estimate of drug-likeness (QED) is 0.766. The van der Waals surface area contributed by atoms with Gasteiger partial charge in [-0.3, -0.25) is 4.79 Å². The van der Waals surface area contributed by atoms with Crippen LogP contribution in [0.25, 0.3) is 11.3 Å². The Morgan fingerprint density at radius 3 is 2.59 bits per heavy atom. The normalized spacial score (nSPS) is 21.8. The second kappa shape index (κ2) is 8.27. The lowest BCUT2D eigenvalue weighted by Crippen LogP contribution is -2.47. The topological polar surface area (TPSA) is 70.6 Å². The first kappa shape index (κ1) is 21.1. The summed E-state index contributed by atoms with van der Waals surface area (Å²) in [6, 6.07) is 7.39. The molecule has 1 aromatic heterocycles. The Labute approximate surface area is 185 Å². The molecule has 7 nitrogen and oxygen atoms in total. The third-order valence-electron chi connectivity index (χ3n) is 6.57. The molecule has 0 saturated carbocycles. The number of hydrogen-bond donors (Lipinski definition) is 1. The largest absolute Gasteiger partial charge is 0.484 e. The van der Waals surface area contributed by atoms with Crippen molar-refractivity contribution in [2.45, 2.75) is 38.2 Å². The van der Waals surface area contributed by atoms with Crippen molar-refractivity contribution < 1.29 is 18.3 Å². The molecule has 1 amide bonds. The molecule has 0 spiro atoms. The predicted molar refractivity (Wildman–Crippen MR) is 116 cm³/mol. The number of nitrogens with zero attached hydrogens (tertiary/aromatic N) is 4. The van der Waals surface area contributed by atoms with Gasteiger partial charge in [-0.2, -0.15) is 8.78 Å². The second-order valence-corrected chi connectivity index (χ2v) is 8.68. The lowest BCUT2D eigenvalue weighted by Gasteiger charge is -2.39. The molecule has 3 aliphatic rings. The minimum absolute atomic E-state index is 0.0224. The SMILES string of the molecule is CC1CCN1c1nc(-c2ccc(OCC(=O)N3CCNCC3)cc2)c2c(n1)C(F)(F)CC2. The van der Waals surface area contributed by atoms with Crippen molar-refractivity contribution in [2.75, 3.05) is 44.2 Å². The monoisotopic (exact) mass is 443 g/mol. The van der Waals surface area contributed by atoms with Gasteiger partial charge in [0.05, 0.1) is 5.69 Å². The van der Waals surface area contributed by atoms with Crippen LogP contribution < -0.4 is 15.0 Å². The van der Waals surface area contributed by atoms with E-state index in [1.54, 1.807) is 17.0 Å². The Morgan fingerprint density at radius 1 is 1.19 bits per heavy atom. The van der Waals surface area contributed by atoms with Crippen LogP contribution in [0.15, 0.2) is 24.3 Å². The molecule has 2 saturated heterocycles. The Bertz CT molecular complexity index is 1010. The molecule has 1 atom stereocenters. The number of piperazine rings is 1. The van der Waals surface area contributed by atoms with Crippen molar-refractivity contribution in [2.24, 2.45) is 0 Å². The van der Waals surface area contributed by atoms with Gasteiger partial charge >= 0.3 is 0 Å². The summed E-state index contributed by atoms with van der Waals surface area (Å²) in [6.07, 6.45) is 1.02. The Kier molecular flexibility index (Phi) is 5.44. The van der Waals surface area contributed by atoms with Gasteiger partial charge in [0.15, 0.2) is 6.61 Å². The van der Waals surface area contributed by atoms with Crippen molar-refractivity contribution in [3.63, 3.8) is 0 Å². The maximum Gasteiger partial charge on any atom is 0.290 e. The molecular formula is C23H27F2N5O2. The Morgan fingerprint density at radius 2 is 1.94 bits per heavy atom. The minimum atomic E-state index is -2.93. The Hall–Kier alpha value is -2.81. The molecule has 0 radical (unpaired) electrons. The summed E-state index contributed by atoms with van der Waals surface area (Å²) in [4.78, 5) is 25.0. The highest BCUT2D eigenvalue weighted by atomic mass is 19.3. The smallest absolute Gasteiger partial charge is 0.290 e. The number of nitrogens with one attached hydrogen (secondary N) is 1. The van der Waals surface area contributed by atoms with Crippen molar-refractivity contribution in [1.29, 1.82) is 0 Å². The molecule has 3 heterocycles. The Balaban J connectivity index is 1.36. The van der Waals surface area contributed by atoms with Gasteiger partial charge in [0.25, 0.3) is 11.8 Å². The van der Waals surface area contributed by atoms with E-state index in [-0.39, 0.29) is 37.1 Å². The van der Waals surface area contributed by atoms with Gasteiger partial charge in [0, 0.05) is 56.3 Å². The van der Waals surface area contributed by atoms with Crippen molar-refractivity contribution in [3.8, 4) is 17.0 Å².